The lowest BCUT2D eigenvalue weighted by atomic mass is 10.2. The van der Waals surface area contributed by atoms with Crippen LogP contribution in [0.25, 0.3) is 0 Å². The molecule has 2 rings (SSSR count). The molecular weight excluding hydrogens is 242 g/mol. The molecule has 0 saturated carbocycles. The summed E-state index contributed by atoms with van der Waals surface area (Å²) in [6, 6.07) is 5.65. The zero-order chi connectivity index (χ0) is 13.8. The molecule has 104 valence electrons. The number of amides is 1. The molecule has 0 aliphatic carbocycles. The summed E-state index contributed by atoms with van der Waals surface area (Å²) in [7, 11) is 1.83. The van der Waals surface area contributed by atoms with E-state index in [9.17, 15) is 4.79 Å². The number of anilines is 2. The minimum Gasteiger partial charge on any atom is -0.493 e. The molecule has 0 bridgehead atoms. The highest BCUT2D eigenvalue weighted by molar-refractivity contribution is 5.83. The van der Waals surface area contributed by atoms with Crippen LogP contribution in [-0.4, -0.2) is 44.1 Å². The molecule has 1 aliphatic heterocycles. The van der Waals surface area contributed by atoms with Crippen LogP contribution in [0.5, 0.6) is 5.75 Å². The van der Waals surface area contributed by atoms with E-state index in [1.807, 2.05) is 30.1 Å². The summed E-state index contributed by atoms with van der Waals surface area (Å²) in [5.74, 6) is 0.896. The minimum absolute atomic E-state index is 0.129. The van der Waals surface area contributed by atoms with Crippen LogP contribution in [0.1, 0.15) is 13.3 Å². The van der Waals surface area contributed by atoms with E-state index >= 15 is 0 Å². The largest absolute Gasteiger partial charge is 0.493 e. The number of likely N-dealkylation sites (N-methyl/N-ethyl adjacent to an activating group) is 1. The van der Waals surface area contributed by atoms with Crippen molar-refractivity contribution >= 4 is 17.3 Å². The zero-order valence-corrected chi connectivity index (χ0v) is 11.6. The Kier molecular flexibility index (Phi) is 4.14. The van der Waals surface area contributed by atoms with E-state index in [1.165, 1.54) is 0 Å². The van der Waals surface area contributed by atoms with Crippen molar-refractivity contribution in [2.45, 2.75) is 13.3 Å². The van der Waals surface area contributed by atoms with Crippen LogP contribution >= 0.6 is 0 Å². The minimum atomic E-state index is 0.129. The quantitative estimate of drug-likeness (QED) is 0.833. The van der Waals surface area contributed by atoms with E-state index in [4.69, 9.17) is 10.5 Å². The predicted molar refractivity (Wildman–Crippen MR) is 76.5 cm³/mol. The van der Waals surface area contributed by atoms with E-state index in [2.05, 4.69) is 6.92 Å². The number of nitrogens with two attached hydrogens (primary N) is 1. The average Bonchev–Trinajstić information content (AvgIpc) is 2.39. The normalized spacial score (nSPS) is 15.8. The zero-order valence-electron chi connectivity index (χ0n) is 11.6. The van der Waals surface area contributed by atoms with Gasteiger partial charge in [0.05, 0.1) is 13.2 Å². The molecule has 1 fully saturated rings. The van der Waals surface area contributed by atoms with Gasteiger partial charge in [-0.2, -0.15) is 0 Å². The molecule has 19 heavy (non-hydrogen) atoms. The van der Waals surface area contributed by atoms with Crippen LogP contribution in [0.3, 0.4) is 0 Å². The van der Waals surface area contributed by atoms with E-state index < -0.39 is 0 Å². The summed E-state index contributed by atoms with van der Waals surface area (Å²) in [6.07, 6.45) is 0.955. The van der Waals surface area contributed by atoms with Gasteiger partial charge in [0.15, 0.2) is 0 Å². The third kappa shape index (κ3) is 3.30. The fraction of sp³-hybridized carbons (Fsp3) is 0.500. The number of hydrogen-bond donors (Lipinski definition) is 1. The van der Waals surface area contributed by atoms with Gasteiger partial charge in [-0.1, -0.05) is 6.92 Å². The van der Waals surface area contributed by atoms with Gasteiger partial charge >= 0.3 is 0 Å². The summed E-state index contributed by atoms with van der Waals surface area (Å²) < 4.78 is 5.61. The Balaban J connectivity index is 2.15. The first kappa shape index (κ1) is 13.5. The number of carbonyl (C=O) groups is 1. The van der Waals surface area contributed by atoms with Crippen LogP contribution in [0.2, 0.25) is 0 Å². The number of rotatable bonds is 4. The van der Waals surface area contributed by atoms with Crippen LogP contribution in [0, 0.1) is 0 Å². The number of nitrogens with zero attached hydrogens (tertiary/aromatic N) is 2. The van der Waals surface area contributed by atoms with Crippen molar-refractivity contribution in [3.63, 3.8) is 0 Å². The van der Waals surface area contributed by atoms with Crippen molar-refractivity contribution in [1.82, 2.24) is 4.90 Å². The van der Waals surface area contributed by atoms with Gasteiger partial charge < -0.3 is 20.3 Å². The van der Waals surface area contributed by atoms with Crippen molar-refractivity contribution in [3.8, 4) is 5.75 Å². The number of hydrogen-bond acceptors (Lipinski definition) is 4. The molecule has 0 unspecified atom stereocenters. The van der Waals surface area contributed by atoms with Crippen molar-refractivity contribution in [2.24, 2.45) is 0 Å². The third-order valence-corrected chi connectivity index (χ3v) is 3.21. The molecule has 0 aromatic heterocycles. The van der Waals surface area contributed by atoms with Gasteiger partial charge in [0.1, 0.15) is 5.75 Å². The highest BCUT2D eigenvalue weighted by Crippen LogP contribution is 2.26. The summed E-state index contributed by atoms with van der Waals surface area (Å²) in [5, 5.41) is 0. The number of nitrogen functional groups attached to an aromatic ring is 1. The van der Waals surface area contributed by atoms with Crippen LogP contribution < -0.4 is 15.4 Å². The lowest BCUT2D eigenvalue weighted by Crippen LogP contribution is -2.48. The fourth-order valence-corrected chi connectivity index (χ4v) is 2.07. The monoisotopic (exact) mass is 263 g/mol. The molecule has 5 heteroatoms. The van der Waals surface area contributed by atoms with Crippen molar-refractivity contribution in [2.75, 3.05) is 43.9 Å². The van der Waals surface area contributed by atoms with E-state index in [1.54, 1.807) is 4.90 Å². The molecule has 1 aromatic carbocycles. The maximum absolute atomic E-state index is 11.7. The Hall–Kier alpha value is -1.91. The molecule has 1 amide bonds. The molecule has 1 aliphatic rings. The molecule has 2 N–H and O–H groups in total. The standard InChI is InChI=1S/C14H21N3O2/c1-3-6-19-13-8-11(15)7-12(9-13)17-5-4-16(2)14(18)10-17/h7-9H,3-6,10,15H2,1-2H3. The highest BCUT2D eigenvalue weighted by Gasteiger charge is 2.21. The Morgan fingerprint density at radius 2 is 2.11 bits per heavy atom. The maximum Gasteiger partial charge on any atom is 0.241 e. The maximum atomic E-state index is 11.7. The van der Waals surface area contributed by atoms with Gasteiger partial charge in [-0.25, -0.2) is 0 Å². The molecular formula is C14H21N3O2. The Labute approximate surface area is 113 Å². The van der Waals surface area contributed by atoms with E-state index in [-0.39, 0.29) is 5.91 Å². The van der Waals surface area contributed by atoms with E-state index in [0.29, 0.717) is 18.8 Å². The first-order valence-corrected chi connectivity index (χ1v) is 6.62. The predicted octanol–water partition coefficient (Wildman–Crippen LogP) is 1.34. The second-order valence-corrected chi connectivity index (χ2v) is 4.85. The topological polar surface area (TPSA) is 58.8 Å². The van der Waals surface area contributed by atoms with Crippen molar-refractivity contribution in [1.29, 1.82) is 0 Å². The molecule has 1 aromatic rings. The number of carbonyl (C=O) groups excluding carboxylic acids is 1. The second kappa shape index (κ2) is 5.82. The second-order valence-electron chi connectivity index (χ2n) is 4.85. The summed E-state index contributed by atoms with van der Waals surface area (Å²) >= 11 is 0. The SMILES string of the molecule is CCCOc1cc(N)cc(N2CCN(C)C(=O)C2)c1. The van der Waals surface area contributed by atoms with Gasteiger partial charge in [0.25, 0.3) is 0 Å². The summed E-state index contributed by atoms with van der Waals surface area (Å²) in [6.45, 7) is 4.68. The van der Waals surface area contributed by atoms with Crippen LogP contribution in [0.15, 0.2) is 18.2 Å². The molecule has 5 nitrogen and oxygen atoms in total. The Morgan fingerprint density at radius 1 is 1.32 bits per heavy atom. The van der Waals surface area contributed by atoms with Gasteiger partial charge in [-0.3, -0.25) is 4.79 Å². The Bertz CT molecular complexity index is 462. The summed E-state index contributed by atoms with van der Waals surface area (Å²) in [4.78, 5) is 15.5. The molecule has 0 atom stereocenters. The van der Waals surface area contributed by atoms with Gasteiger partial charge in [0.2, 0.25) is 5.91 Å². The number of ether oxygens (including phenoxy) is 1. The highest BCUT2D eigenvalue weighted by atomic mass is 16.5. The molecule has 0 spiro atoms. The van der Waals surface area contributed by atoms with Gasteiger partial charge in [0, 0.05) is 43.6 Å². The van der Waals surface area contributed by atoms with Crippen molar-refractivity contribution in [3.05, 3.63) is 18.2 Å². The van der Waals surface area contributed by atoms with Gasteiger partial charge in [-0.15, -0.1) is 0 Å². The molecule has 1 saturated heterocycles. The van der Waals surface area contributed by atoms with Crippen LogP contribution in [-0.2, 0) is 4.79 Å². The number of piperazine rings is 1. The average molecular weight is 263 g/mol. The first-order valence-electron chi connectivity index (χ1n) is 6.62. The lowest BCUT2D eigenvalue weighted by Gasteiger charge is -2.33. The first-order chi connectivity index (χ1) is 9.10. The van der Waals surface area contributed by atoms with E-state index in [0.717, 1.165) is 30.9 Å². The fourth-order valence-electron chi connectivity index (χ4n) is 2.07. The summed E-state index contributed by atoms with van der Waals surface area (Å²) in [5.41, 5.74) is 7.51. The smallest absolute Gasteiger partial charge is 0.241 e. The molecule has 1 heterocycles. The van der Waals surface area contributed by atoms with Crippen LogP contribution in [0.4, 0.5) is 11.4 Å². The number of benzene rings is 1. The van der Waals surface area contributed by atoms with Crippen molar-refractivity contribution < 1.29 is 9.53 Å². The molecule has 0 radical (unpaired) electrons. The lowest BCUT2D eigenvalue weighted by molar-refractivity contribution is -0.129. The van der Waals surface area contributed by atoms with Gasteiger partial charge in [-0.05, 0) is 12.5 Å². The third-order valence-electron chi connectivity index (χ3n) is 3.21. The Morgan fingerprint density at radius 3 is 2.79 bits per heavy atom.